The van der Waals surface area contributed by atoms with Gasteiger partial charge in [-0.05, 0) is 29.8 Å². The van der Waals surface area contributed by atoms with Gasteiger partial charge in [0.05, 0.1) is 17.5 Å². The lowest BCUT2D eigenvalue weighted by Crippen LogP contribution is -2.23. The van der Waals surface area contributed by atoms with Crippen molar-refractivity contribution in [2.45, 2.75) is 12.7 Å². The molecule has 10 heteroatoms. The van der Waals surface area contributed by atoms with E-state index in [4.69, 9.17) is 5.73 Å². The molecule has 0 aliphatic carbocycles. The number of halogens is 3. The Morgan fingerprint density at radius 1 is 1.06 bits per heavy atom. The van der Waals surface area contributed by atoms with Crippen molar-refractivity contribution < 1.29 is 22.8 Å². The van der Waals surface area contributed by atoms with E-state index in [1.807, 2.05) is 0 Å². The first-order chi connectivity index (χ1) is 14.7. The van der Waals surface area contributed by atoms with Crippen molar-refractivity contribution >= 4 is 17.6 Å². The van der Waals surface area contributed by atoms with E-state index in [-0.39, 0.29) is 18.1 Å². The molecule has 0 fully saturated rings. The highest BCUT2D eigenvalue weighted by molar-refractivity contribution is 5.97. The third-order valence-electron chi connectivity index (χ3n) is 4.40. The number of hydrogen-bond donors (Lipinski definition) is 3. The molecule has 0 unspecified atom stereocenters. The number of amides is 2. The number of alkyl halides is 3. The molecule has 0 aliphatic rings. The van der Waals surface area contributed by atoms with Crippen molar-refractivity contribution in [2.75, 3.05) is 12.8 Å². The van der Waals surface area contributed by atoms with E-state index in [2.05, 4.69) is 20.6 Å². The molecule has 0 atom stereocenters. The molecule has 0 bridgehead atoms. The summed E-state index contributed by atoms with van der Waals surface area (Å²) in [5.74, 6) is -0.928. The summed E-state index contributed by atoms with van der Waals surface area (Å²) in [5.41, 5.74) is 6.63. The van der Waals surface area contributed by atoms with E-state index < -0.39 is 23.6 Å². The molecule has 3 rings (SSSR count). The lowest BCUT2D eigenvalue weighted by Gasteiger charge is -2.10. The number of aromatic nitrogens is 2. The molecule has 31 heavy (non-hydrogen) atoms. The largest absolute Gasteiger partial charge is 0.416 e. The summed E-state index contributed by atoms with van der Waals surface area (Å²) in [6, 6.07) is 11.0. The zero-order valence-electron chi connectivity index (χ0n) is 16.3. The van der Waals surface area contributed by atoms with Crippen molar-refractivity contribution in [3.05, 3.63) is 77.1 Å². The number of anilines is 1. The summed E-state index contributed by atoms with van der Waals surface area (Å²) in [7, 11) is 1.44. The lowest BCUT2D eigenvalue weighted by molar-refractivity contribution is -0.137. The standard InChI is InChI=1S/C21H18F3N5O2/c1-26-20(31)17-18(25)27-11-16(29-17)13-3-2-4-14(9-13)19(30)28-10-12-5-7-15(8-6-12)21(22,23)24/h2-9,11H,10H2,1H3,(H2,25,27)(H,26,31)(H,28,30). The smallest absolute Gasteiger partial charge is 0.382 e. The third-order valence-corrected chi connectivity index (χ3v) is 4.40. The summed E-state index contributed by atoms with van der Waals surface area (Å²) in [5, 5.41) is 5.09. The second-order valence-corrected chi connectivity index (χ2v) is 6.53. The average molecular weight is 429 g/mol. The van der Waals surface area contributed by atoms with Gasteiger partial charge < -0.3 is 16.4 Å². The molecule has 3 aromatic rings. The van der Waals surface area contributed by atoms with Gasteiger partial charge in [0.25, 0.3) is 11.8 Å². The van der Waals surface area contributed by atoms with Gasteiger partial charge >= 0.3 is 6.18 Å². The molecule has 160 valence electrons. The number of benzene rings is 2. The molecule has 7 nitrogen and oxygen atoms in total. The molecule has 4 N–H and O–H groups in total. The lowest BCUT2D eigenvalue weighted by atomic mass is 10.1. The van der Waals surface area contributed by atoms with E-state index in [0.29, 0.717) is 22.4 Å². The van der Waals surface area contributed by atoms with E-state index >= 15 is 0 Å². The predicted octanol–water partition coefficient (Wildman–Crippen LogP) is 3.03. The van der Waals surface area contributed by atoms with Crippen LogP contribution >= 0.6 is 0 Å². The van der Waals surface area contributed by atoms with Crippen molar-refractivity contribution in [1.82, 2.24) is 20.6 Å². The summed E-state index contributed by atoms with van der Waals surface area (Å²) in [6.45, 7) is 0.0592. The van der Waals surface area contributed by atoms with Crippen LogP contribution in [0, 0.1) is 0 Å². The fourth-order valence-corrected chi connectivity index (χ4v) is 2.74. The van der Waals surface area contributed by atoms with Gasteiger partial charge in [-0.3, -0.25) is 9.59 Å². The monoisotopic (exact) mass is 429 g/mol. The van der Waals surface area contributed by atoms with Crippen LogP contribution in [0.1, 0.15) is 32.0 Å². The molecule has 0 saturated carbocycles. The highest BCUT2D eigenvalue weighted by Crippen LogP contribution is 2.29. The first kappa shape index (κ1) is 21.8. The summed E-state index contributed by atoms with van der Waals surface area (Å²) in [6.07, 6.45) is -3.02. The maximum Gasteiger partial charge on any atom is 0.416 e. The Morgan fingerprint density at radius 3 is 2.42 bits per heavy atom. The average Bonchev–Trinajstić information content (AvgIpc) is 2.77. The summed E-state index contributed by atoms with van der Waals surface area (Å²) < 4.78 is 37.9. The van der Waals surface area contributed by atoms with Crippen LogP contribution < -0.4 is 16.4 Å². The minimum absolute atomic E-state index is 0.0199. The van der Waals surface area contributed by atoms with Gasteiger partial charge in [0.15, 0.2) is 11.5 Å². The fraction of sp³-hybridized carbons (Fsp3) is 0.143. The van der Waals surface area contributed by atoms with E-state index in [0.717, 1.165) is 12.1 Å². The zero-order valence-corrected chi connectivity index (χ0v) is 16.3. The molecule has 1 aromatic heterocycles. The van der Waals surface area contributed by atoms with Gasteiger partial charge in [-0.2, -0.15) is 13.2 Å². The second-order valence-electron chi connectivity index (χ2n) is 6.53. The van der Waals surface area contributed by atoms with Crippen LogP contribution in [-0.2, 0) is 12.7 Å². The van der Waals surface area contributed by atoms with Gasteiger partial charge in [-0.15, -0.1) is 0 Å². The molecule has 2 amide bonds. The summed E-state index contributed by atoms with van der Waals surface area (Å²) >= 11 is 0. The van der Waals surface area contributed by atoms with Gasteiger partial charge in [0.1, 0.15) is 0 Å². The number of nitrogen functional groups attached to an aromatic ring is 1. The Kier molecular flexibility index (Phi) is 6.19. The van der Waals surface area contributed by atoms with Crippen LogP contribution in [-0.4, -0.2) is 28.8 Å². The van der Waals surface area contributed by atoms with Crippen LogP contribution in [0.25, 0.3) is 11.3 Å². The highest BCUT2D eigenvalue weighted by atomic mass is 19.4. The van der Waals surface area contributed by atoms with Crippen molar-refractivity contribution in [1.29, 1.82) is 0 Å². The van der Waals surface area contributed by atoms with Crippen LogP contribution in [0.5, 0.6) is 0 Å². The number of nitrogens with two attached hydrogens (primary N) is 1. The molecule has 1 heterocycles. The van der Waals surface area contributed by atoms with Crippen molar-refractivity contribution in [3.8, 4) is 11.3 Å². The van der Waals surface area contributed by atoms with Gasteiger partial charge in [-0.1, -0.05) is 24.3 Å². The van der Waals surface area contributed by atoms with E-state index in [9.17, 15) is 22.8 Å². The first-order valence-corrected chi connectivity index (χ1v) is 9.08. The predicted molar refractivity (Wildman–Crippen MR) is 108 cm³/mol. The molecular formula is C21H18F3N5O2. The first-order valence-electron chi connectivity index (χ1n) is 9.08. The van der Waals surface area contributed by atoms with Gasteiger partial charge in [0.2, 0.25) is 0 Å². The third kappa shape index (κ3) is 5.16. The SMILES string of the molecule is CNC(=O)c1nc(-c2cccc(C(=O)NCc3ccc(C(F)(F)F)cc3)c2)cnc1N. The van der Waals surface area contributed by atoms with Crippen LogP contribution in [0.15, 0.2) is 54.7 Å². The summed E-state index contributed by atoms with van der Waals surface area (Å²) in [4.78, 5) is 32.5. The van der Waals surface area contributed by atoms with Crippen molar-refractivity contribution in [3.63, 3.8) is 0 Å². The van der Waals surface area contributed by atoms with E-state index in [1.165, 1.54) is 25.4 Å². The van der Waals surface area contributed by atoms with Crippen LogP contribution in [0.2, 0.25) is 0 Å². The van der Waals surface area contributed by atoms with Crippen molar-refractivity contribution in [2.24, 2.45) is 0 Å². The Morgan fingerprint density at radius 2 is 1.77 bits per heavy atom. The fourth-order valence-electron chi connectivity index (χ4n) is 2.74. The quantitative estimate of drug-likeness (QED) is 0.578. The number of nitrogens with one attached hydrogen (secondary N) is 2. The van der Waals surface area contributed by atoms with Gasteiger partial charge in [-0.25, -0.2) is 9.97 Å². The number of carbonyl (C=O) groups is 2. The molecule has 0 saturated heterocycles. The number of hydrogen-bond acceptors (Lipinski definition) is 5. The molecule has 0 aliphatic heterocycles. The number of nitrogens with zero attached hydrogens (tertiary/aromatic N) is 2. The maximum absolute atomic E-state index is 12.6. The Labute approximate surface area is 175 Å². The normalized spacial score (nSPS) is 11.1. The Bertz CT molecular complexity index is 1110. The minimum Gasteiger partial charge on any atom is -0.382 e. The second kappa shape index (κ2) is 8.82. The molecule has 0 radical (unpaired) electrons. The molecular weight excluding hydrogens is 411 g/mol. The molecule has 0 spiro atoms. The number of carbonyl (C=O) groups excluding carboxylic acids is 2. The van der Waals surface area contributed by atoms with Crippen LogP contribution in [0.4, 0.5) is 19.0 Å². The number of rotatable bonds is 5. The molecule has 2 aromatic carbocycles. The van der Waals surface area contributed by atoms with Crippen LogP contribution in [0.3, 0.4) is 0 Å². The Balaban J connectivity index is 1.74. The maximum atomic E-state index is 12.6. The topological polar surface area (TPSA) is 110 Å². The Hall–Kier alpha value is -3.95. The minimum atomic E-state index is -4.41. The van der Waals surface area contributed by atoms with E-state index in [1.54, 1.807) is 24.3 Å². The van der Waals surface area contributed by atoms with Gasteiger partial charge in [0, 0.05) is 24.7 Å². The highest BCUT2D eigenvalue weighted by Gasteiger charge is 2.29. The zero-order chi connectivity index (χ0) is 22.6.